The van der Waals surface area contributed by atoms with Crippen molar-refractivity contribution in [2.45, 2.75) is 37.9 Å². The summed E-state index contributed by atoms with van der Waals surface area (Å²) in [6.45, 7) is 6.00. The molecule has 0 aliphatic carbocycles. The van der Waals surface area contributed by atoms with Gasteiger partial charge in [-0.1, -0.05) is 37.7 Å². The molecule has 2 heterocycles. The molecule has 0 bridgehead atoms. The van der Waals surface area contributed by atoms with Gasteiger partial charge < -0.3 is 20.1 Å². The molecule has 160 valence electrons. The number of nitrogens with zero attached hydrogens (tertiary/aromatic N) is 2. The number of nitrogens with one attached hydrogen (secondary N) is 3. The van der Waals surface area contributed by atoms with E-state index in [-0.39, 0.29) is 12.5 Å². The Morgan fingerprint density at radius 1 is 1.27 bits per heavy atom. The van der Waals surface area contributed by atoms with Gasteiger partial charge in [-0.3, -0.25) is 5.10 Å². The lowest BCUT2D eigenvalue weighted by Crippen LogP contribution is -2.46. The van der Waals surface area contributed by atoms with Crippen LogP contribution >= 0.6 is 11.8 Å². The Bertz CT molecular complexity index is 939. The van der Waals surface area contributed by atoms with Crippen molar-refractivity contribution >= 4 is 23.8 Å². The second-order valence-electron chi connectivity index (χ2n) is 6.86. The number of ether oxygens (including phenoxy) is 2. The van der Waals surface area contributed by atoms with Gasteiger partial charge in [-0.25, -0.2) is 14.6 Å². The number of carbonyl (C=O) groups is 2. The van der Waals surface area contributed by atoms with Crippen LogP contribution in [0.2, 0.25) is 0 Å². The van der Waals surface area contributed by atoms with Gasteiger partial charge in [0.15, 0.2) is 0 Å². The molecule has 0 saturated heterocycles. The van der Waals surface area contributed by atoms with Crippen LogP contribution in [0.15, 0.2) is 40.7 Å². The largest absolute Gasteiger partial charge is 0.497 e. The van der Waals surface area contributed by atoms with Crippen LogP contribution in [0, 0.1) is 0 Å². The molecular weight excluding hydrogens is 406 g/mol. The maximum absolute atomic E-state index is 12.8. The highest BCUT2D eigenvalue weighted by molar-refractivity contribution is 7.99. The maximum Gasteiger partial charge on any atom is 0.338 e. The number of rotatable bonds is 8. The number of methoxy groups -OCH3 is 1. The van der Waals surface area contributed by atoms with E-state index in [9.17, 15) is 9.59 Å². The number of urea groups is 1. The highest BCUT2D eigenvalue weighted by Gasteiger charge is 2.33. The zero-order chi connectivity index (χ0) is 21.7. The first-order valence-corrected chi connectivity index (χ1v) is 10.6. The average molecular weight is 432 g/mol. The van der Waals surface area contributed by atoms with Crippen molar-refractivity contribution in [3.63, 3.8) is 0 Å². The van der Waals surface area contributed by atoms with E-state index in [1.165, 1.54) is 11.8 Å². The van der Waals surface area contributed by atoms with Gasteiger partial charge in [-0.2, -0.15) is 0 Å². The Labute approximate surface area is 179 Å². The zero-order valence-corrected chi connectivity index (χ0v) is 18.1. The molecule has 0 saturated carbocycles. The molecule has 30 heavy (non-hydrogen) atoms. The molecule has 0 radical (unpaired) electrons. The van der Waals surface area contributed by atoms with Gasteiger partial charge in [0.05, 0.1) is 25.3 Å². The summed E-state index contributed by atoms with van der Waals surface area (Å²) in [5.74, 6) is 1.51. The first-order chi connectivity index (χ1) is 14.4. The molecule has 1 unspecified atom stereocenters. The summed E-state index contributed by atoms with van der Waals surface area (Å²) in [7, 11) is 1.58. The SMILES string of the molecule is CCOC(=O)C1=C(CSc2n[nH]c(C(C)C)n2)NC(=O)NC1c1ccc(OC)cc1. The summed E-state index contributed by atoms with van der Waals surface area (Å²) in [4.78, 5) is 29.5. The second-order valence-corrected chi connectivity index (χ2v) is 7.81. The fourth-order valence-corrected chi connectivity index (χ4v) is 3.72. The van der Waals surface area contributed by atoms with E-state index in [4.69, 9.17) is 9.47 Å². The molecule has 3 N–H and O–H groups in total. The standard InChI is InChI=1S/C20H25N5O4S/c1-5-29-18(26)15-14(10-30-20-23-17(11(2)3)24-25-20)21-19(27)22-16(15)12-6-8-13(28-4)9-7-12/h6-9,11,16H,5,10H2,1-4H3,(H2,21,22,27)(H,23,24,25). The van der Waals surface area contributed by atoms with Crippen molar-refractivity contribution in [3.8, 4) is 5.75 Å². The first-order valence-electron chi connectivity index (χ1n) is 9.59. The molecule has 0 fully saturated rings. The van der Waals surface area contributed by atoms with Gasteiger partial charge in [0.2, 0.25) is 5.16 Å². The number of aromatic nitrogens is 3. The molecule has 1 aromatic carbocycles. The smallest absolute Gasteiger partial charge is 0.338 e. The molecule has 1 aliphatic heterocycles. The Morgan fingerprint density at radius 3 is 2.60 bits per heavy atom. The van der Waals surface area contributed by atoms with Crippen molar-refractivity contribution in [3.05, 3.63) is 46.9 Å². The monoisotopic (exact) mass is 431 g/mol. The third kappa shape index (κ3) is 4.93. The Balaban J connectivity index is 1.92. The number of thioether (sulfide) groups is 1. The number of benzene rings is 1. The number of esters is 1. The average Bonchev–Trinajstić information content (AvgIpc) is 3.21. The van der Waals surface area contributed by atoms with Crippen LogP contribution in [0.1, 0.15) is 44.1 Å². The van der Waals surface area contributed by atoms with E-state index in [1.807, 2.05) is 26.0 Å². The Hall–Kier alpha value is -3.01. The topological polar surface area (TPSA) is 118 Å². The zero-order valence-electron chi connectivity index (χ0n) is 17.3. The van der Waals surface area contributed by atoms with E-state index < -0.39 is 18.0 Å². The predicted molar refractivity (Wildman–Crippen MR) is 112 cm³/mol. The summed E-state index contributed by atoms with van der Waals surface area (Å²) >= 11 is 1.33. The van der Waals surface area contributed by atoms with E-state index in [0.717, 1.165) is 11.4 Å². The van der Waals surface area contributed by atoms with Gasteiger partial charge in [0, 0.05) is 17.4 Å². The van der Waals surface area contributed by atoms with Crippen LogP contribution in [0.25, 0.3) is 0 Å². The third-order valence-corrected chi connectivity index (χ3v) is 5.35. The molecule has 2 amide bonds. The number of amides is 2. The molecule has 0 spiro atoms. The fourth-order valence-electron chi connectivity index (χ4n) is 2.95. The number of H-pyrrole nitrogens is 1. The fraction of sp³-hybridized carbons (Fsp3) is 0.400. The van der Waals surface area contributed by atoms with Crippen LogP contribution in [0.4, 0.5) is 4.79 Å². The molecule has 10 heteroatoms. The van der Waals surface area contributed by atoms with Crippen molar-refractivity contribution in [1.29, 1.82) is 0 Å². The summed E-state index contributed by atoms with van der Waals surface area (Å²) in [5.41, 5.74) is 1.57. The first kappa shape index (κ1) is 21.7. The number of hydrogen-bond donors (Lipinski definition) is 3. The van der Waals surface area contributed by atoms with Crippen molar-refractivity contribution in [1.82, 2.24) is 25.8 Å². The van der Waals surface area contributed by atoms with Crippen molar-refractivity contribution in [2.75, 3.05) is 19.5 Å². The van der Waals surface area contributed by atoms with E-state index >= 15 is 0 Å². The molecule has 3 rings (SSSR count). The number of aromatic amines is 1. The van der Waals surface area contributed by atoms with Crippen LogP contribution in [0.3, 0.4) is 0 Å². The molecular formula is C20H25N5O4S. The van der Waals surface area contributed by atoms with Gasteiger partial charge in [0.25, 0.3) is 0 Å². The predicted octanol–water partition coefficient (Wildman–Crippen LogP) is 2.90. The lowest BCUT2D eigenvalue weighted by Gasteiger charge is -2.29. The van der Waals surface area contributed by atoms with E-state index in [2.05, 4.69) is 25.8 Å². The van der Waals surface area contributed by atoms with Crippen molar-refractivity contribution < 1.29 is 19.1 Å². The minimum absolute atomic E-state index is 0.221. The Morgan fingerprint density at radius 2 is 2.00 bits per heavy atom. The lowest BCUT2D eigenvalue weighted by molar-refractivity contribution is -0.139. The molecule has 2 aromatic rings. The van der Waals surface area contributed by atoms with Gasteiger partial charge in [-0.15, -0.1) is 5.10 Å². The second kappa shape index (κ2) is 9.66. The van der Waals surface area contributed by atoms with E-state index in [0.29, 0.717) is 27.9 Å². The van der Waals surface area contributed by atoms with Crippen LogP contribution < -0.4 is 15.4 Å². The van der Waals surface area contributed by atoms with E-state index in [1.54, 1.807) is 26.2 Å². The van der Waals surface area contributed by atoms with Crippen LogP contribution in [-0.2, 0) is 9.53 Å². The van der Waals surface area contributed by atoms with Crippen LogP contribution in [0.5, 0.6) is 5.75 Å². The third-order valence-electron chi connectivity index (χ3n) is 4.47. The van der Waals surface area contributed by atoms with Gasteiger partial charge in [0.1, 0.15) is 11.6 Å². The maximum atomic E-state index is 12.8. The quantitative estimate of drug-likeness (QED) is 0.434. The molecule has 1 aromatic heterocycles. The van der Waals surface area contributed by atoms with Gasteiger partial charge >= 0.3 is 12.0 Å². The minimum atomic E-state index is -0.641. The summed E-state index contributed by atoms with van der Waals surface area (Å²) < 4.78 is 10.5. The minimum Gasteiger partial charge on any atom is -0.497 e. The number of hydrogen-bond acceptors (Lipinski definition) is 7. The molecule has 9 nitrogen and oxygen atoms in total. The number of carbonyl (C=O) groups excluding carboxylic acids is 2. The summed E-state index contributed by atoms with van der Waals surface area (Å²) in [5, 5.41) is 13.2. The normalized spacial score (nSPS) is 16.3. The summed E-state index contributed by atoms with van der Waals surface area (Å²) in [6.07, 6.45) is 0. The highest BCUT2D eigenvalue weighted by Crippen LogP contribution is 2.31. The Kier molecular flexibility index (Phi) is 6.99. The van der Waals surface area contributed by atoms with Gasteiger partial charge in [-0.05, 0) is 24.6 Å². The van der Waals surface area contributed by atoms with Crippen LogP contribution in [-0.4, -0.2) is 46.7 Å². The summed E-state index contributed by atoms with van der Waals surface area (Å²) in [6, 6.07) is 6.14. The molecule has 1 aliphatic rings. The molecule has 1 atom stereocenters. The lowest BCUT2D eigenvalue weighted by atomic mass is 9.95. The highest BCUT2D eigenvalue weighted by atomic mass is 32.2. The van der Waals surface area contributed by atoms with Crippen molar-refractivity contribution in [2.24, 2.45) is 0 Å².